The molecule has 1 unspecified atom stereocenters. The molecule has 1 aliphatic heterocycles. The molecule has 1 atom stereocenters. The zero-order valence-electron chi connectivity index (χ0n) is 15.5. The molecule has 7 nitrogen and oxygen atoms in total. The molecule has 0 saturated heterocycles. The largest absolute Gasteiger partial charge is 0.465 e. The fourth-order valence-electron chi connectivity index (χ4n) is 2.88. The number of amides is 1. The molecule has 27 heavy (non-hydrogen) atoms. The Morgan fingerprint density at radius 1 is 1.37 bits per heavy atom. The van der Waals surface area contributed by atoms with E-state index in [0.29, 0.717) is 3.57 Å². The number of halogens is 3. The van der Waals surface area contributed by atoms with E-state index < -0.39 is 45.3 Å². The van der Waals surface area contributed by atoms with Gasteiger partial charge in [-0.05, 0) is 62.4 Å². The Hall–Kier alpha value is -1.18. The minimum atomic E-state index is -3.54. The van der Waals surface area contributed by atoms with Crippen LogP contribution in [0.2, 0.25) is 0 Å². The Morgan fingerprint density at radius 3 is 2.41 bits per heavy atom. The minimum Gasteiger partial charge on any atom is -0.465 e. The summed E-state index contributed by atoms with van der Waals surface area (Å²) in [5.74, 6) is -2.90. The third-order valence-corrected chi connectivity index (χ3v) is 6.79. The van der Waals surface area contributed by atoms with Crippen molar-refractivity contribution >= 4 is 45.4 Å². The van der Waals surface area contributed by atoms with Crippen LogP contribution in [-0.4, -0.2) is 53.8 Å². The molecule has 3 N–H and O–H groups in total. The van der Waals surface area contributed by atoms with E-state index in [1.54, 1.807) is 20.8 Å². The van der Waals surface area contributed by atoms with Crippen LogP contribution in [0.15, 0.2) is 17.1 Å². The molecule has 0 spiro atoms. The van der Waals surface area contributed by atoms with Crippen molar-refractivity contribution in [3.63, 3.8) is 0 Å². The van der Waals surface area contributed by atoms with E-state index in [1.807, 2.05) is 22.6 Å². The summed E-state index contributed by atoms with van der Waals surface area (Å²) in [5, 5.41) is 9.66. The molecule has 11 heteroatoms. The molecular weight excluding hydrogens is 495 g/mol. The first-order valence-corrected chi connectivity index (χ1v) is 10.6. The summed E-state index contributed by atoms with van der Waals surface area (Å²) >= 11 is 1.82. The number of hydrogen-bond acceptors (Lipinski definition) is 5. The van der Waals surface area contributed by atoms with E-state index in [0.717, 1.165) is 15.3 Å². The van der Waals surface area contributed by atoms with Crippen molar-refractivity contribution in [3.05, 3.63) is 32.9 Å². The number of guanidine groups is 1. The molecule has 152 valence electrons. The van der Waals surface area contributed by atoms with Gasteiger partial charge in [0.1, 0.15) is 5.54 Å². The van der Waals surface area contributed by atoms with Crippen LogP contribution < -0.4 is 0 Å². The zero-order valence-corrected chi connectivity index (χ0v) is 18.5. The molecule has 1 aliphatic rings. The van der Waals surface area contributed by atoms with Crippen molar-refractivity contribution in [2.75, 3.05) is 12.8 Å². The van der Waals surface area contributed by atoms with Crippen molar-refractivity contribution in [2.24, 2.45) is 4.99 Å². The van der Waals surface area contributed by atoms with Crippen molar-refractivity contribution < 1.29 is 27.8 Å². The van der Waals surface area contributed by atoms with Crippen molar-refractivity contribution in [3.8, 4) is 0 Å². The molecule has 1 aromatic rings. The Bertz CT molecular complexity index is 816. The van der Waals surface area contributed by atoms with Gasteiger partial charge in [-0.3, -0.25) is 9.11 Å². The summed E-state index contributed by atoms with van der Waals surface area (Å²) < 4.78 is 51.0. The van der Waals surface area contributed by atoms with Crippen LogP contribution in [0.1, 0.15) is 33.3 Å². The Morgan fingerprint density at radius 2 is 1.93 bits per heavy atom. The second-order valence-electron chi connectivity index (χ2n) is 7.50. The molecule has 1 amide bonds. The van der Waals surface area contributed by atoms with E-state index in [9.17, 15) is 27.8 Å². The summed E-state index contributed by atoms with van der Waals surface area (Å²) in [7, 11) is -2.24. The molecule has 0 saturated carbocycles. The van der Waals surface area contributed by atoms with Gasteiger partial charge < -0.3 is 5.11 Å². The third kappa shape index (κ3) is 4.15. The lowest BCUT2D eigenvalue weighted by atomic mass is 9.94. The molecule has 1 aromatic carbocycles. The highest BCUT2D eigenvalue weighted by atomic mass is 127. The number of carbonyl (C=O) groups is 1. The van der Waals surface area contributed by atoms with E-state index in [2.05, 4.69) is 4.99 Å². The number of aliphatic imine (C=N–C) groups is 1. The average Bonchev–Trinajstić information content (AvgIpc) is 2.45. The van der Waals surface area contributed by atoms with Crippen LogP contribution >= 0.6 is 33.4 Å². The van der Waals surface area contributed by atoms with Gasteiger partial charge >= 0.3 is 6.09 Å². The first kappa shape index (κ1) is 22.1. The lowest BCUT2D eigenvalue weighted by molar-refractivity contribution is 0.134. The van der Waals surface area contributed by atoms with Crippen LogP contribution in [-0.2, 0) is 5.54 Å². The number of rotatable bonds is 1. The van der Waals surface area contributed by atoms with Crippen LogP contribution in [0, 0.1) is 15.2 Å². The first-order chi connectivity index (χ1) is 12.1. The fourth-order valence-corrected chi connectivity index (χ4v) is 5.01. The van der Waals surface area contributed by atoms with Gasteiger partial charge in [0, 0.05) is 21.7 Å². The Kier molecular flexibility index (Phi) is 5.74. The van der Waals surface area contributed by atoms with Crippen molar-refractivity contribution in [2.45, 2.75) is 38.8 Å². The second kappa shape index (κ2) is 7.01. The predicted octanol–water partition coefficient (Wildman–Crippen LogP) is 4.53. The normalized spacial score (nSPS) is 23.6. The maximum Gasteiger partial charge on any atom is 0.414 e. The summed E-state index contributed by atoms with van der Waals surface area (Å²) in [6.07, 6.45) is -1.36. The first-order valence-electron chi connectivity index (χ1n) is 7.88. The smallest absolute Gasteiger partial charge is 0.414 e. The van der Waals surface area contributed by atoms with E-state index in [-0.39, 0.29) is 11.5 Å². The van der Waals surface area contributed by atoms with Gasteiger partial charge in [-0.15, -0.1) is 10.8 Å². The number of carboxylic acid groups (broad SMARTS) is 1. The summed E-state index contributed by atoms with van der Waals surface area (Å²) in [5.41, 5.74) is -2.72. The van der Waals surface area contributed by atoms with Crippen molar-refractivity contribution in [1.29, 1.82) is 0 Å². The minimum absolute atomic E-state index is 0.170. The van der Waals surface area contributed by atoms with Crippen molar-refractivity contribution in [1.82, 2.24) is 9.21 Å². The highest BCUT2D eigenvalue weighted by Gasteiger charge is 2.47. The molecule has 0 fully saturated rings. The molecule has 1 heterocycles. The quantitative estimate of drug-likeness (QED) is 0.376. The summed E-state index contributed by atoms with van der Waals surface area (Å²) in [4.78, 5) is 17.1. The third-order valence-electron chi connectivity index (χ3n) is 4.18. The van der Waals surface area contributed by atoms with Gasteiger partial charge in [0.2, 0.25) is 5.96 Å². The van der Waals surface area contributed by atoms with Crippen LogP contribution in [0.4, 0.5) is 13.6 Å². The second-order valence-corrected chi connectivity index (χ2v) is 10.8. The lowest BCUT2D eigenvalue weighted by Crippen LogP contribution is -2.58. The SMILES string of the molecule is CN1C(N(C(=O)O)C(C)(C)C)=NC(C)(c2cc(I)cc(F)c2F)CS1(O)O. The summed E-state index contributed by atoms with van der Waals surface area (Å²) in [6, 6.07) is 2.38. The van der Waals surface area contributed by atoms with Gasteiger partial charge in [0.25, 0.3) is 0 Å². The highest BCUT2D eigenvalue weighted by molar-refractivity contribution is 14.1. The van der Waals surface area contributed by atoms with Crippen LogP contribution in [0.25, 0.3) is 0 Å². The van der Waals surface area contributed by atoms with Crippen LogP contribution in [0.3, 0.4) is 0 Å². The molecular formula is C16H22F2IN3O4S. The standard InChI is InChI=1S/C16H22F2IN3O4S/c1-15(2,3)22(14(23)24)13-20-16(4,8-27(25,26)21(13)5)10-6-9(19)7-11(17)12(10)18/h6-7,25-26H,8H2,1-5H3,(H,23,24). The lowest BCUT2D eigenvalue weighted by Gasteiger charge is -2.52. The average molecular weight is 517 g/mol. The molecule has 0 aliphatic carbocycles. The topological polar surface area (TPSA) is 96.6 Å². The molecule has 0 radical (unpaired) electrons. The predicted molar refractivity (Wildman–Crippen MR) is 109 cm³/mol. The van der Waals surface area contributed by atoms with E-state index >= 15 is 0 Å². The van der Waals surface area contributed by atoms with Crippen LogP contribution in [0.5, 0.6) is 0 Å². The zero-order chi connectivity index (χ0) is 20.9. The van der Waals surface area contributed by atoms with E-state index in [4.69, 9.17) is 0 Å². The number of nitrogens with zero attached hydrogens (tertiary/aromatic N) is 3. The Labute approximate surface area is 171 Å². The molecule has 2 rings (SSSR count). The maximum absolute atomic E-state index is 14.5. The maximum atomic E-state index is 14.5. The molecule has 0 bridgehead atoms. The number of benzene rings is 1. The van der Waals surface area contributed by atoms with Gasteiger partial charge in [-0.2, -0.15) is 0 Å². The van der Waals surface area contributed by atoms with Gasteiger partial charge in [-0.1, -0.05) is 0 Å². The van der Waals surface area contributed by atoms with Gasteiger partial charge in [-0.25, -0.2) is 27.8 Å². The van der Waals surface area contributed by atoms with E-state index in [1.165, 1.54) is 20.0 Å². The monoisotopic (exact) mass is 517 g/mol. The fraction of sp³-hybridized carbons (Fsp3) is 0.500. The number of hydrogen-bond donors (Lipinski definition) is 3. The molecule has 0 aromatic heterocycles. The summed E-state index contributed by atoms with van der Waals surface area (Å²) in [6.45, 7) is 6.26. The van der Waals surface area contributed by atoms with Gasteiger partial charge in [0.05, 0.1) is 5.75 Å². The Balaban J connectivity index is 2.78. The van der Waals surface area contributed by atoms with Gasteiger partial charge in [0.15, 0.2) is 11.6 Å². The highest BCUT2D eigenvalue weighted by Crippen LogP contribution is 2.53.